The zero-order valence-corrected chi connectivity index (χ0v) is 8.05. The van der Waals surface area contributed by atoms with Gasteiger partial charge in [-0.2, -0.15) is 5.26 Å². The molecule has 0 aliphatic carbocycles. The van der Waals surface area contributed by atoms with Gasteiger partial charge in [0.1, 0.15) is 10.4 Å². The molecular weight excluding hydrogens is 188 g/mol. The van der Waals surface area contributed by atoms with E-state index in [1.165, 1.54) is 6.20 Å². The van der Waals surface area contributed by atoms with Gasteiger partial charge < -0.3 is 5.32 Å². The maximum atomic E-state index is 11.3. The predicted molar refractivity (Wildman–Crippen MR) is 47.1 cm³/mol. The summed E-state index contributed by atoms with van der Waals surface area (Å²) in [4.78, 5) is 11.8. The van der Waals surface area contributed by atoms with E-state index in [1.54, 1.807) is 13.8 Å². The molecule has 0 radical (unpaired) electrons. The van der Waals surface area contributed by atoms with Gasteiger partial charge in [-0.15, -0.1) is 5.10 Å². The van der Waals surface area contributed by atoms with Crippen molar-refractivity contribution in [2.75, 3.05) is 0 Å². The number of carbonyl (C=O) groups excluding carboxylic acids is 1. The maximum absolute atomic E-state index is 11.3. The summed E-state index contributed by atoms with van der Waals surface area (Å²) in [5.74, 6) is -0.318. The highest BCUT2D eigenvalue weighted by Gasteiger charge is 2.21. The molecule has 0 bridgehead atoms. The van der Waals surface area contributed by atoms with Gasteiger partial charge in [0.25, 0.3) is 5.91 Å². The fraction of sp³-hybridized carbons (Fsp3) is 0.429. The summed E-state index contributed by atoms with van der Waals surface area (Å²) >= 11 is 1.000. The third kappa shape index (κ3) is 2.49. The summed E-state index contributed by atoms with van der Waals surface area (Å²) in [6.07, 6.45) is 1.37. The van der Waals surface area contributed by atoms with Gasteiger partial charge >= 0.3 is 0 Å². The standard InChI is InChI=1S/C7H8N4OS/c1-7(2,4-8)10-6(12)5-3-9-11-13-5/h3H,1-2H3,(H,10,12). The minimum atomic E-state index is -0.860. The molecule has 0 fully saturated rings. The van der Waals surface area contributed by atoms with E-state index >= 15 is 0 Å². The van der Waals surface area contributed by atoms with Gasteiger partial charge in [-0.05, 0) is 25.4 Å². The highest BCUT2D eigenvalue weighted by atomic mass is 32.1. The van der Waals surface area contributed by atoms with Crippen molar-refractivity contribution in [1.29, 1.82) is 5.26 Å². The van der Waals surface area contributed by atoms with Crippen LogP contribution in [0.1, 0.15) is 23.5 Å². The Morgan fingerprint density at radius 1 is 1.77 bits per heavy atom. The average Bonchev–Trinajstić information content (AvgIpc) is 2.55. The molecule has 68 valence electrons. The highest BCUT2D eigenvalue weighted by Crippen LogP contribution is 2.05. The molecule has 0 unspecified atom stereocenters. The van der Waals surface area contributed by atoms with Crippen LogP contribution in [-0.2, 0) is 0 Å². The molecule has 0 saturated heterocycles. The second kappa shape index (κ2) is 3.49. The van der Waals surface area contributed by atoms with Crippen LogP contribution in [0.5, 0.6) is 0 Å². The van der Waals surface area contributed by atoms with Crippen LogP contribution in [0.15, 0.2) is 6.20 Å². The topological polar surface area (TPSA) is 78.7 Å². The van der Waals surface area contributed by atoms with Gasteiger partial charge in [0.05, 0.1) is 12.3 Å². The Balaban J connectivity index is 2.68. The third-order valence-corrected chi connectivity index (χ3v) is 1.95. The second-order valence-electron chi connectivity index (χ2n) is 2.97. The van der Waals surface area contributed by atoms with Crippen LogP contribution >= 0.6 is 11.5 Å². The minimum absolute atomic E-state index is 0.318. The first kappa shape index (κ1) is 9.61. The number of amides is 1. The number of hydrogen-bond acceptors (Lipinski definition) is 5. The van der Waals surface area contributed by atoms with Crippen LogP contribution in [0.3, 0.4) is 0 Å². The number of nitrogens with one attached hydrogen (secondary N) is 1. The summed E-state index contributed by atoms with van der Waals surface area (Å²) in [6, 6.07) is 1.97. The lowest BCUT2D eigenvalue weighted by molar-refractivity contribution is 0.0933. The molecule has 0 aliphatic heterocycles. The minimum Gasteiger partial charge on any atom is -0.333 e. The molecule has 1 rings (SSSR count). The number of rotatable bonds is 2. The van der Waals surface area contributed by atoms with E-state index in [1.807, 2.05) is 6.07 Å². The zero-order valence-electron chi connectivity index (χ0n) is 7.24. The predicted octanol–water partition coefficient (Wildman–Crippen LogP) is 0.570. The molecule has 5 nitrogen and oxygen atoms in total. The van der Waals surface area contributed by atoms with E-state index in [2.05, 4.69) is 14.9 Å². The number of nitriles is 1. The summed E-state index contributed by atoms with van der Waals surface area (Å²) in [5.41, 5.74) is -0.860. The van der Waals surface area contributed by atoms with Gasteiger partial charge in [0, 0.05) is 0 Å². The van der Waals surface area contributed by atoms with Crippen molar-refractivity contribution in [3.05, 3.63) is 11.1 Å². The Kier molecular flexibility index (Phi) is 2.58. The molecule has 13 heavy (non-hydrogen) atoms. The van der Waals surface area contributed by atoms with Crippen LogP contribution in [0.2, 0.25) is 0 Å². The van der Waals surface area contributed by atoms with E-state index in [4.69, 9.17) is 5.26 Å². The number of aromatic nitrogens is 2. The molecular formula is C7H8N4OS. The van der Waals surface area contributed by atoms with Crippen molar-refractivity contribution >= 4 is 17.4 Å². The van der Waals surface area contributed by atoms with E-state index in [0.717, 1.165) is 11.5 Å². The van der Waals surface area contributed by atoms with E-state index in [9.17, 15) is 4.79 Å². The monoisotopic (exact) mass is 196 g/mol. The maximum Gasteiger partial charge on any atom is 0.265 e. The Hall–Kier alpha value is -1.48. The van der Waals surface area contributed by atoms with Crippen LogP contribution < -0.4 is 5.32 Å². The molecule has 6 heteroatoms. The van der Waals surface area contributed by atoms with Crippen molar-refractivity contribution in [3.63, 3.8) is 0 Å². The summed E-state index contributed by atoms with van der Waals surface area (Å²) < 4.78 is 3.55. The lowest BCUT2D eigenvalue weighted by atomic mass is 10.1. The lowest BCUT2D eigenvalue weighted by Gasteiger charge is -2.15. The van der Waals surface area contributed by atoms with Crippen molar-refractivity contribution in [1.82, 2.24) is 14.9 Å². The molecule has 0 aromatic carbocycles. The molecule has 0 atom stereocenters. The quantitative estimate of drug-likeness (QED) is 0.750. The van der Waals surface area contributed by atoms with Crippen molar-refractivity contribution in [3.8, 4) is 6.07 Å². The first-order valence-corrected chi connectivity index (χ1v) is 4.33. The number of hydrogen-bond donors (Lipinski definition) is 1. The third-order valence-electron chi connectivity index (χ3n) is 1.29. The first-order valence-electron chi connectivity index (χ1n) is 3.56. The smallest absolute Gasteiger partial charge is 0.265 e. The molecule has 1 aromatic rings. The average molecular weight is 196 g/mol. The van der Waals surface area contributed by atoms with Crippen molar-refractivity contribution in [2.24, 2.45) is 0 Å². The summed E-state index contributed by atoms with van der Waals surface area (Å²) in [7, 11) is 0. The molecule has 0 aliphatic rings. The molecule has 0 spiro atoms. The van der Waals surface area contributed by atoms with E-state index < -0.39 is 5.54 Å². The molecule has 1 N–H and O–H groups in total. The Labute approximate surface area is 79.5 Å². The fourth-order valence-corrected chi connectivity index (χ4v) is 1.05. The van der Waals surface area contributed by atoms with Gasteiger partial charge in [0.2, 0.25) is 0 Å². The molecule has 0 saturated carbocycles. The van der Waals surface area contributed by atoms with Crippen LogP contribution in [-0.4, -0.2) is 21.0 Å². The van der Waals surface area contributed by atoms with Gasteiger partial charge in [-0.3, -0.25) is 4.79 Å². The van der Waals surface area contributed by atoms with Gasteiger partial charge in [0.15, 0.2) is 0 Å². The van der Waals surface area contributed by atoms with E-state index in [0.29, 0.717) is 4.88 Å². The SMILES string of the molecule is CC(C)(C#N)NC(=O)c1cnns1. The second-order valence-corrected chi connectivity index (χ2v) is 3.76. The zero-order chi connectivity index (χ0) is 9.90. The van der Waals surface area contributed by atoms with Gasteiger partial charge in [-0.25, -0.2) is 0 Å². The van der Waals surface area contributed by atoms with Crippen LogP contribution in [0, 0.1) is 11.3 Å². The Bertz CT molecular complexity index is 338. The Morgan fingerprint density at radius 3 is 2.92 bits per heavy atom. The molecule has 1 aromatic heterocycles. The summed E-state index contributed by atoms with van der Waals surface area (Å²) in [6.45, 7) is 3.25. The van der Waals surface area contributed by atoms with E-state index in [-0.39, 0.29) is 5.91 Å². The van der Waals surface area contributed by atoms with Crippen molar-refractivity contribution < 1.29 is 4.79 Å². The number of carbonyl (C=O) groups is 1. The van der Waals surface area contributed by atoms with Crippen LogP contribution in [0.25, 0.3) is 0 Å². The highest BCUT2D eigenvalue weighted by molar-refractivity contribution is 7.07. The van der Waals surface area contributed by atoms with Crippen LogP contribution in [0.4, 0.5) is 0 Å². The molecule has 1 heterocycles. The Morgan fingerprint density at radius 2 is 2.46 bits per heavy atom. The largest absolute Gasteiger partial charge is 0.333 e. The number of nitrogens with zero attached hydrogens (tertiary/aromatic N) is 3. The lowest BCUT2D eigenvalue weighted by Crippen LogP contribution is -2.41. The van der Waals surface area contributed by atoms with Gasteiger partial charge in [-0.1, -0.05) is 4.49 Å². The fourth-order valence-electron chi connectivity index (χ4n) is 0.641. The summed E-state index contributed by atoms with van der Waals surface area (Å²) in [5, 5.41) is 14.7. The normalized spacial score (nSPS) is 10.5. The molecule has 1 amide bonds. The first-order chi connectivity index (χ1) is 6.05. The van der Waals surface area contributed by atoms with Crippen molar-refractivity contribution in [2.45, 2.75) is 19.4 Å².